The predicted molar refractivity (Wildman–Crippen MR) is 355 cm³/mol. The summed E-state index contributed by atoms with van der Waals surface area (Å²) in [5.74, 6) is -0.206. The number of rotatable bonds is 60. The van der Waals surface area contributed by atoms with Crippen molar-refractivity contribution in [3.8, 4) is 0 Å². The third kappa shape index (κ3) is 41.9. The molecule has 12 unspecified atom stereocenters. The zero-order chi connectivity index (χ0) is 63.1. The van der Waals surface area contributed by atoms with Crippen LogP contribution in [0.1, 0.15) is 316 Å². The van der Waals surface area contributed by atoms with Gasteiger partial charge in [0.15, 0.2) is 12.6 Å². The zero-order valence-corrected chi connectivity index (χ0v) is 55.5. The number of ether oxygens (including phenoxy) is 4. The summed E-state index contributed by atoms with van der Waals surface area (Å²) < 4.78 is 22.9. The molecule has 0 saturated carbocycles. The lowest BCUT2D eigenvalue weighted by Gasteiger charge is -2.46. The van der Waals surface area contributed by atoms with E-state index in [2.05, 4.69) is 67.8 Å². The molecule has 0 aromatic rings. The average molecular weight is 1230 g/mol. The Bertz CT molecular complexity index is 1640. The summed E-state index contributed by atoms with van der Waals surface area (Å²) in [6.07, 6.45) is 58.4. The van der Waals surface area contributed by atoms with Gasteiger partial charge in [0, 0.05) is 6.42 Å². The lowest BCUT2D eigenvalue weighted by Crippen LogP contribution is -2.65. The molecular weight excluding hydrogens is 1100 g/mol. The van der Waals surface area contributed by atoms with Gasteiger partial charge in [-0.1, -0.05) is 306 Å². The molecule has 0 spiro atoms. The highest BCUT2D eigenvalue weighted by atomic mass is 16.7. The Balaban J connectivity index is 1.65. The molecule has 0 radical (unpaired) electrons. The first kappa shape index (κ1) is 81.0. The van der Waals surface area contributed by atoms with Gasteiger partial charge in [0.2, 0.25) is 5.91 Å². The van der Waals surface area contributed by atoms with Gasteiger partial charge in [-0.05, 0) is 51.4 Å². The van der Waals surface area contributed by atoms with Gasteiger partial charge >= 0.3 is 0 Å². The lowest BCUT2D eigenvalue weighted by molar-refractivity contribution is -0.359. The van der Waals surface area contributed by atoms with Gasteiger partial charge in [-0.15, -0.1) is 0 Å². The molecule has 2 saturated heterocycles. The summed E-state index contributed by atoms with van der Waals surface area (Å²) in [5.41, 5.74) is 0. The molecule has 0 aromatic heterocycles. The second kappa shape index (κ2) is 57.8. The molecule has 14 nitrogen and oxygen atoms in total. The number of aliphatic hydroxyl groups is 8. The molecule has 9 N–H and O–H groups in total. The van der Waals surface area contributed by atoms with E-state index in [0.717, 1.165) is 83.5 Å². The second-order valence-electron chi connectivity index (χ2n) is 25.7. The Morgan fingerprint density at radius 1 is 0.425 bits per heavy atom. The van der Waals surface area contributed by atoms with Crippen molar-refractivity contribution in [2.75, 3.05) is 19.8 Å². The van der Waals surface area contributed by atoms with Crippen molar-refractivity contribution in [1.29, 1.82) is 0 Å². The van der Waals surface area contributed by atoms with Gasteiger partial charge < -0.3 is 65.1 Å². The Hall–Kier alpha value is -2.05. The molecular formula is C73H135NO13. The molecule has 0 bridgehead atoms. The van der Waals surface area contributed by atoms with Crippen LogP contribution < -0.4 is 5.32 Å². The van der Waals surface area contributed by atoms with Crippen molar-refractivity contribution in [3.63, 3.8) is 0 Å². The highest BCUT2D eigenvalue weighted by molar-refractivity contribution is 5.76. The lowest BCUT2D eigenvalue weighted by atomic mass is 9.97. The highest BCUT2D eigenvalue weighted by Gasteiger charge is 2.51. The first-order chi connectivity index (χ1) is 42.6. The summed E-state index contributed by atoms with van der Waals surface area (Å²) >= 11 is 0. The van der Waals surface area contributed by atoms with E-state index < -0.39 is 86.8 Å². The van der Waals surface area contributed by atoms with Gasteiger partial charge in [0.05, 0.1) is 32.0 Å². The third-order valence-corrected chi connectivity index (χ3v) is 17.8. The van der Waals surface area contributed by atoms with Crippen LogP contribution in [-0.4, -0.2) is 140 Å². The van der Waals surface area contributed by atoms with Crippen LogP contribution in [0, 0.1) is 0 Å². The van der Waals surface area contributed by atoms with Gasteiger partial charge in [-0.25, -0.2) is 0 Å². The van der Waals surface area contributed by atoms with E-state index in [0.29, 0.717) is 12.8 Å². The van der Waals surface area contributed by atoms with Gasteiger partial charge in [-0.2, -0.15) is 0 Å². The van der Waals surface area contributed by atoms with Gasteiger partial charge in [0.25, 0.3) is 0 Å². The molecule has 510 valence electrons. The Kier molecular flexibility index (Phi) is 53.9. The Labute approximate surface area is 531 Å². The number of hydrogen-bond acceptors (Lipinski definition) is 13. The van der Waals surface area contributed by atoms with Crippen molar-refractivity contribution in [1.82, 2.24) is 5.32 Å². The molecule has 14 heteroatoms. The number of unbranched alkanes of at least 4 members (excludes halogenated alkanes) is 39. The van der Waals surface area contributed by atoms with Crippen molar-refractivity contribution in [2.45, 2.75) is 389 Å². The maximum atomic E-state index is 13.4. The number of allylic oxidation sites excluding steroid dienone is 8. The predicted octanol–water partition coefficient (Wildman–Crippen LogP) is 15.1. The SMILES string of the molecule is CC/C=C\C/C=C\C/C=C\C/C=C\CCCCCCCCCCCCCCC(=O)NC(COC1OC(CO)C(OC2OC(CO)C(O)C(O)C2O)C(O)C1O)C(O)CCCCCCCCCCCCCCCCCCCCCCCCCCCCCC. The van der Waals surface area contributed by atoms with Crippen molar-refractivity contribution in [3.05, 3.63) is 48.6 Å². The number of carbonyl (C=O) groups is 1. The molecule has 2 heterocycles. The smallest absolute Gasteiger partial charge is 0.220 e. The second-order valence-corrected chi connectivity index (χ2v) is 25.7. The average Bonchev–Trinajstić information content (AvgIpc) is 2.50. The molecule has 2 aliphatic rings. The van der Waals surface area contributed by atoms with Crippen molar-refractivity contribution >= 4 is 5.91 Å². The van der Waals surface area contributed by atoms with Crippen LogP contribution in [0.3, 0.4) is 0 Å². The van der Waals surface area contributed by atoms with Gasteiger partial charge in [0.1, 0.15) is 48.8 Å². The summed E-state index contributed by atoms with van der Waals surface area (Å²) in [7, 11) is 0. The summed E-state index contributed by atoms with van der Waals surface area (Å²) in [6.45, 7) is 2.79. The van der Waals surface area contributed by atoms with Crippen LogP contribution in [0.15, 0.2) is 48.6 Å². The molecule has 12 atom stereocenters. The molecule has 1 amide bonds. The Morgan fingerprint density at radius 3 is 1.22 bits per heavy atom. The highest BCUT2D eigenvalue weighted by Crippen LogP contribution is 2.30. The number of aliphatic hydroxyl groups excluding tert-OH is 8. The van der Waals surface area contributed by atoms with Crippen molar-refractivity contribution < 1.29 is 64.6 Å². The molecule has 2 fully saturated rings. The summed E-state index contributed by atoms with van der Waals surface area (Å²) in [4.78, 5) is 13.4. The van der Waals surface area contributed by atoms with E-state index in [1.54, 1.807) is 0 Å². The zero-order valence-electron chi connectivity index (χ0n) is 55.5. The van der Waals surface area contributed by atoms with Crippen LogP contribution in [0.2, 0.25) is 0 Å². The monoisotopic (exact) mass is 1230 g/mol. The van der Waals surface area contributed by atoms with E-state index in [4.69, 9.17) is 18.9 Å². The number of amides is 1. The quantitative estimate of drug-likeness (QED) is 0.0204. The fourth-order valence-electron chi connectivity index (χ4n) is 12.1. The fourth-order valence-corrected chi connectivity index (χ4v) is 12.1. The van der Waals surface area contributed by atoms with Crippen LogP contribution in [-0.2, 0) is 23.7 Å². The molecule has 0 aliphatic carbocycles. The molecule has 0 aromatic carbocycles. The van der Waals surface area contributed by atoms with Crippen LogP contribution in [0.5, 0.6) is 0 Å². The fraction of sp³-hybridized carbons (Fsp3) is 0.877. The molecule has 87 heavy (non-hydrogen) atoms. The standard InChI is InChI=1S/C73H135NO13/c1-3-5-7-9-11-13-15-17-19-21-23-25-27-29-30-31-33-34-36-38-40-42-44-46-48-50-52-54-56-62(77)61(60-84-72-70(83)68(81)71(64(59-76)86-72)87-73-69(82)67(80)66(79)63(58-75)85-73)74-65(78)57-55-53-51-49-47-45-43-41-39-37-35-32-28-26-24-22-20-18-16-14-12-10-8-6-4-2/h6,8,12,14,18,20,24,26,61-64,66-73,75-77,79-83H,3-5,7,9-11,13,15-17,19,21-23,25,27-60H2,1-2H3,(H,74,78)/b8-6-,14-12-,20-18-,26-24-. The van der Waals surface area contributed by atoms with E-state index >= 15 is 0 Å². The van der Waals surface area contributed by atoms with E-state index in [1.165, 1.54) is 205 Å². The van der Waals surface area contributed by atoms with Gasteiger partial charge in [-0.3, -0.25) is 4.79 Å². The van der Waals surface area contributed by atoms with E-state index in [-0.39, 0.29) is 12.5 Å². The van der Waals surface area contributed by atoms with E-state index in [9.17, 15) is 45.6 Å². The summed E-state index contributed by atoms with van der Waals surface area (Å²) in [5, 5.41) is 87.7. The summed E-state index contributed by atoms with van der Waals surface area (Å²) in [6, 6.07) is -0.833. The first-order valence-electron chi connectivity index (χ1n) is 36.4. The molecule has 2 rings (SSSR count). The minimum Gasteiger partial charge on any atom is -0.394 e. The first-order valence-corrected chi connectivity index (χ1v) is 36.4. The van der Waals surface area contributed by atoms with Crippen LogP contribution in [0.25, 0.3) is 0 Å². The third-order valence-electron chi connectivity index (χ3n) is 17.8. The van der Waals surface area contributed by atoms with Crippen molar-refractivity contribution in [2.24, 2.45) is 0 Å². The van der Waals surface area contributed by atoms with Crippen LogP contribution >= 0.6 is 0 Å². The number of hydrogen-bond donors (Lipinski definition) is 9. The molecule has 2 aliphatic heterocycles. The number of carbonyl (C=O) groups excluding carboxylic acids is 1. The van der Waals surface area contributed by atoms with E-state index in [1.807, 2.05) is 0 Å². The number of nitrogens with one attached hydrogen (secondary N) is 1. The largest absolute Gasteiger partial charge is 0.394 e. The topological polar surface area (TPSA) is 228 Å². The maximum absolute atomic E-state index is 13.4. The van der Waals surface area contributed by atoms with Crippen LogP contribution in [0.4, 0.5) is 0 Å². The maximum Gasteiger partial charge on any atom is 0.220 e. The normalized spacial score (nSPS) is 23.5. The Morgan fingerprint density at radius 2 is 0.793 bits per heavy atom. The minimum absolute atomic E-state index is 0.206. The minimum atomic E-state index is -1.78.